The van der Waals surface area contributed by atoms with Crippen molar-refractivity contribution in [3.63, 3.8) is 0 Å². The molecule has 3 heteroatoms. The van der Waals surface area contributed by atoms with Gasteiger partial charge in [0, 0.05) is 25.8 Å². The molecule has 12 heavy (non-hydrogen) atoms. The molecule has 1 aliphatic rings. The van der Waals surface area contributed by atoms with Crippen LogP contribution in [0.1, 0.15) is 20.3 Å². The summed E-state index contributed by atoms with van der Waals surface area (Å²) in [5.41, 5.74) is 0. The van der Waals surface area contributed by atoms with Gasteiger partial charge in [0.2, 0.25) is 0 Å². The van der Waals surface area contributed by atoms with Crippen molar-refractivity contribution in [2.45, 2.75) is 38.5 Å². The summed E-state index contributed by atoms with van der Waals surface area (Å²) in [6.45, 7) is 5.96. The fourth-order valence-corrected chi connectivity index (χ4v) is 1.38. The zero-order valence-electron chi connectivity index (χ0n) is 8.17. The van der Waals surface area contributed by atoms with Gasteiger partial charge >= 0.3 is 0 Å². The second-order valence-electron chi connectivity index (χ2n) is 3.46. The Morgan fingerprint density at radius 2 is 2.25 bits per heavy atom. The molecule has 0 bridgehead atoms. The smallest absolute Gasteiger partial charge is 0.0693 e. The fourth-order valence-electron chi connectivity index (χ4n) is 1.38. The summed E-state index contributed by atoms with van der Waals surface area (Å²) in [5, 5.41) is 3.48. The molecule has 3 atom stereocenters. The molecule has 0 saturated carbocycles. The highest BCUT2D eigenvalue weighted by atomic mass is 16.5. The van der Waals surface area contributed by atoms with Crippen molar-refractivity contribution in [3.8, 4) is 0 Å². The molecule has 3 unspecified atom stereocenters. The van der Waals surface area contributed by atoms with E-state index in [-0.39, 0.29) is 6.10 Å². The Hall–Kier alpha value is -0.120. The van der Waals surface area contributed by atoms with E-state index >= 15 is 0 Å². The van der Waals surface area contributed by atoms with Crippen LogP contribution >= 0.6 is 0 Å². The van der Waals surface area contributed by atoms with Gasteiger partial charge in [0.25, 0.3) is 0 Å². The standard InChI is InChI=1S/C9H19NO2/c1-7(8(2)11-3)10-9-4-5-12-6-9/h7-10H,4-6H2,1-3H3. The normalized spacial score (nSPS) is 28.8. The Balaban J connectivity index is 2.19. The molecule has 0 spiro atoms. The lowest BCUT2D eigenvalue weighted by atomic mass is 10.1. The molecule has 0 aliphatic carbocycles. The van der Waals surface area contributed by atoms with Crippen molar-refractivity contribution >= 4 is 0 Å². The Morgan fingerprint density at radius 1 is 1.50 bits per heavy atom. The van der Waals surface area contributed by atoms with Gasteiger partial charge in [-0.05, 0) is 20.3 Å². The number of ether oxygens (including phenoxy) is 2. The molecule has 0 aromatic rings. The van der Waals surface area contributed by atoms with Crippen molar-refractivity contribution in [1.29, 1.82) is 0 Å². The van der Waals surface area contributed by atoms with Gasteiger partial charge in [0.15, 0.2) is 0 Å². The van der Waals surface area contributed by atoms with Gasteiger partial charge in [-0.1, -0.05) is 0 Å². The third-order valence-corrected chi connectivity index (χ3v) is 2.50. The average molecular weight is 173 g/mol. The zero-order chi connectivity index (χ0) is 8.97. The topological polar surface area (TPSA) is 30.5 Å². The van der Waals surface area contributed by atoms with Crippen LogP contribution in [-0.2, 0) is 9.47 Å². The Kier molecular flexibility index (Phi) is 3.98. The van der Waals surface area contributed by atoms with Crippen LogP contribution in [0.25, 0.3) is 0 Å². The average Bonchev–Trinajstić information content (AvgIpc) is 2.55. The first kappa shape index (κ1) is 9.96. The molecule has 0 aromatic carbocycles. The SMILES string of the molecule is COC(C)C(C)NC1CCOC1. The third kappa shape index (κ3) is 2.73. The predicted molar refractivity (Wildman–Crippen MR) is 48.3 cm³/mol. The molecule has 0 aromatic heterocycles. The predicted octanol–water partition coefficient (Wildman–Crippen LogP) is 0.788. The molecule has 1 rings (SSSR count). The minimum atomic E-state index is 0.269. The van der Waals surface area contributed by atoms with E-state index in [1.807, 2.05) is 0 Å². The summed E-state index contributed by atoms with van der Waals surface area (Å²) in [7, 11) is 1.74. The third-order valence-electron chi connectivity index (χ3n) is 2.50. The number of hydrogen-bond acceptors (Lipinski definition) is 3. The molecule has 3 nitrogen and oxygen atoms in total. The van der Waals surface area contributed by atoms with Crippen LogP contribution in [0.5, 0.6) is 0 Å². The van der Waals surface area contributed by atoms with Crippen molar-refractivity contribution in [2.24, 2.45) is 0 Å². The Bertz CT molecular complexity index is 124. The van der Waals surface area contributed by atoms with Crippen molar-refractivity contribution in [3.05, 3.63) is 0 Å². The van der Waals surface area contributed by atoms with Crippen LogP contribution in [-0.4, -0.2) is 38.5 Å². The molecule has 1 N–H and O–H groups in total. The van der Waals surface area contributed by atoms with E-state index in [2.05, 4.69) is 19.2 Å². The molecule has 1 fully saturated rings. The molecule has 1 aliphatic heterocycles. The van der Waals surface area contributed by atoms with Crippen LogP contribution in [0.15, 0.2) is 0 Å². The molecule has 72 valence electrons. The van der Waals surface area contributed by atoms with Crippen LogP contribution in [0, 0.1) is 0 Å². The maximum atomic E-state index is 5.27. The fraction of sp³-hybridized carbons (Fsp3) is 1.00. The van der Waals surface area contributed by atoms with E-state index in [1.165, 1.54) is 0 Å². The minimum absolute atomic E-state index is 0.269. The summed E-state index contributed by atoms with van der Waals surface area (Å²) >= 11 is 0. The lowest BCUT2D eigenvalue weighted by molar-refractivity contribution is 0.0829. The summed E-state index contributed by atoms with van der Waals surface area (Å²) < 4.78 is 10.5. The van der Waals surface area contributed by atoms with Gasteiger partial charge in [-0.25, -0.2) is 0 Å². The second kappa shape index (κ2) is 4.80. The second-order valence-corrected chi connectivity index (χ2v) is 3.46. The largest absolute Gasteiger partial charge is 0.380 e. The van der Waals surface area contributed by atoms with Gasteiger partial charge in [0.05, 0.1) is 12.7 Å². The molecule has 1 saturated heterocycles. The van der Waals surface area contributed by atoms with Gasteiger partial charge in [0.1, 0.15) is 0 Å². The Morgan fingerprint density at radius 3 is 2.75 bits per heavy atom. The maximum Gasteiger partial charge on any atom is 0.0693 e. The van der Waals surface area contributed by atoms with Crippen molar-refractivity contribution < 1.29 is 9.47 Å². The number of methoxy groups -OCH3 is 1. The van der Waals surface area contributed by atoms with Gasteiger partial charge in [-0.2, -0.15) is 0 Å². The zero-order valence-corrected chi connectivity index (χ0v) is 8.17. The van der Waals surface area contributed by atoms with E-state index < -0.39 is 0 Å². The van der Waals surface area contributed by atoms with Gasteiger partial charge in [-0.15, -0.1) is 0 Å². The van der Waals surface area contributed by atoms with E-state index in [0.717, 1.165) is 19.6 Å². The maximum absolute atomic E-state index is 5.27. The monoisotopic (exact) mass is 173 g/mol. The highest BCUT2D eigenvalue weighted by molar-refractivity contribution is 4.77. The molecule has 1 heterocycles. The van der Waals surface area contributed by atoms with Crippen LogP contribution in [0.2, 0.25) is 0 Å². The van der Waals surface area contributed by atoms with Crippen LogP contribution in [0.3, 0.4) is 0 Å². The molecule has 0 radical (unpaired) electrons. The molecule has 0 amide bonds. The number of rotatable bonds is 4. The van der Waals surface area contributed by atoms with E-state index in [1.54, 1.807) is 7.11 Å². The first-order valence-corrected chi connectivity index (χ1v) is 4.60. The van der Waals surface area contributed by atoms with E-state index in [0.29, 0.717) is 12.1 Å². The highest BCUT2D eigenvalue weighted by Gasteiger charge is 2.19. The van der Waals surface area contributed by atoms with Crippen molar-refractivity contribution in [1.82, 2.24) is 5.32 Å². The first-order valence-electron chi connectivity index (χ1n) is 4.60. The lowest BCUT2D eigenvalue weighted by Gasteiger charge is -2.23. The van der Waals surface area contributed by atoms with Gasteiger partial charge in [-0.3, -0.25) is 0 Å². The van der Waals surface area contributed by atoms with Gasteiger partial charge < -0.3 is 14.8 Å². The minimum Gasteiger partial charge on any atom is -0.380 e. The quantitative estimate of drug-likeness (QED) is 0.681. The summed E-state index contributed by atoms with van der Waals surface area (Å²) in [4.78, 5) is 0. The Labute approximate surface area is 74.4 Å². The first-order chi connectivity index (χ1) is 5.74. The number of hydrogen-bond donors (Lipinski definition) is 1. The molecular weight excluding hydrogens is 154 g/mol. The van der Waals surface area contributed by atoms with Crippen LogP contribution in [0.4, 0.5) is 0 Å². The van der Waals surface area contributed by atoms with Crippen LogP contribution < -0.4 is 5.32 Å². The van der Waals surface area contributed by atoms with E-state index in [9.17, 15) is 0 Å². The number of nitrogens with one attached hydrogen (secondary N) is 1. The van der Waals surface area contributed by atoms with Crippen molar-refractivity contribution in [2.75, 3.05) is 20.3 Å². The summed E-state index contributed by atoms with van der Waals surface area (Å²) in [6, 6.07) is 0.930. The molecular formula is C9H19NO2. The van der Waals surface area contributed by atoms with E-state index in [4.69, 9.17) is 9.47 Å². The summed E-state index contributed by atoms with van der Waals surface area (Å²) in [5.74, 6) is 0. The highest BCUT2D eigenvalue weighted by Crippen LogP contribution is 2.06. The lowest BCUT2D eigenvalue weighted by Crippen LogP contribution is -2.43. The summed E-state index contributed by atoms with van der Waals surface area (Å²) in [6.07, 6.45) is 1.39.